The number of nitrogens with one attached hydrogen (secondary N) is 1. The summed E-state index contributed by atoms with van der Waals surface area (Å²) in [4.78, 5) is 13.0. The Balaban J connectivity index is 2.25. The zero-order valence-electron chi connectivity index (χ0n) is 16.3. The third kappa shape index (κ3) is 5.82. The van der Waals surface area contributed by atoms with Crippen LogP contribution < -0.4 is 9.62 Å². The topological polar surface area (TPSA) is 66.5 Å². The van der Waals surface area contributed by atoms with Gasteiger partial charge < -0.3 is 5.32 Å². The first-order chi connectivity index (χ1) is 12.6. The molecule has 0 heterocycles. The van der Waals surface area contributed by atoms with Gasteiger partial charge in [0.1, 0.15) is 6.04 Å². The maximum absolute atomic E-state index is 13.0. The van der Waals surface area contributed by atoms with Gasteiger partial charge in [0, 0.05) is 5.54 Å². The lowest BCUT2D eigenvalue weighted by molar-refractivity contribution is -0.123. The molecule has 0 aliphatic carbocycles. The molecule has 2 rings (SSSR count). The number of hydrogen-bond donors (Lipinski definition) is 1. The van der Waals surface area contributed by atoms with Crippen molar-refractivity contribution in [1.82, 2.24) is 5.32 Å². The van der Waals surface area contributed by atoms with Crippen molar-refractivity contribution in [2.24, 2.45) is 0 Å². The minimum absolute atomic E-state index is 0.298. The number of carbonyl (C=O) groups excluding carboxylic acids is 1. The third-order valence-electron chi connectivity index (χ3n) is 4.29. The van der Waals surface area contributed by atoms with E-state index >= 15 is 0 Å². The Morgan fingerprint density at radius 3 is 2.04 bits per heavy atom. The van der Waals surface area contributed by atoms with E-state index in [1.165, 1.54) is 4.31 Å². The zero-order chi connectivity index (χ0) is 20.1. The van der Waals surface area contributed by atoms with Crippen molar-refractivity contribution in [3.8, 4) is 0 Å². The molecule has 0 saturated carbocycles. The van der Waals surface area contributed by atoms with Crippen LogP contribution in [-0.4, -0.2) is 32.2 Å². The van der Waals surface area contributed by atoms with Gasteiger partial charge in [-0.05, 0) is 44.4 Å². The normalized spacial score (nSPS) is 13.0. The summed E-state index contributed by atoms with van der Waals surface area (Å²) in [6, 6.07) is 17.8. The number of rotatable bonds is 8. The van der Waals surface area contributed by atoms with Crippen molar-refractivity contribution in [1.29, 1.82) is 0 Å². The predicted molar refractivity (Wildman–Crippen MR) is 110 cm³/mol. The first-order valence-corrected chi connectivity index (χ1v) is 10.9. The molecular formula is C21H28N2O3S. The van der Waals surface area contributed by atoms with Gasteiger partial charge in [-0.2, -0.15) is 0 Å². The van der Waals surface area contributed by atoms with Crippen molar-refractivity contribution >= 4 is 21.6 Å². The highest BCUT2D eigenvalue weighted by molar-refractivity contribution is 7.92. The Morgan fingerprint density at radius 1 is 1.04 bits per heavy atom. The lowest BCUT2D eigenvalue weighted by Gasteiger charge is -2.34. The van der Waals surface area contributed by atoms with Crippen molar-refractivity contribution in [2.45, 2.75) is 45.2 Å². The summed E-state index contributed by atoms with van der Waals surface area (Å²) in [6.45, 7) is 5.70. The predicted octanol–water partition coefficient (Wildman–Crippen LogP) is 3.37. The average Bonchev–Trinajstić information content (AvgIpc) is 2.59. The van der Waals surface area contributed by atoms with E-state index in [2.05, 4.69) is 5.32 Å². The zero-order valence-corrected chi connectivity index (χ0v) is 17.2. The molecule has 6 heteroatoms. The number of sulfonamides is 1. The molecule has 0 fully saturated rings. The number of carbonyl (C=O) groups is 1. The molecule has 0 radical (unpaired) electrons. The van der Waals surface area contributed by atoms with Crippen LogP contribution in [-0.2, 0) is 21.2 Å². The van der Waals surface area contributed by atoms with Crippen molar-refractivity contribution in [3.05, 3.63) is 66.2 Å². The maximum atomic E-state index is 13.0. The quantitative estimate of drug-likeness (QED) is 0.754. The number of anilines is 1. The molecule has 0 saturated heterocycles. The molecule has 2 aromatic rings. The SMILES string of the molecule is CCC(C(=O)NC(C)(C)Cc1ccccc1)N(c1ccccc1)S(C)(=O)=O. The van der Waals surface area contributed by atoms with E-state index in [1.807, 2.05) is 57.2 Å². The monoisotopic (exact) mass is 388 g/mol. The highest BCUT2D eigenvalue weighted by atomic mass is 32.2. The van der Waals surface area contributed by atoms with Crippen LogP contribution in [0.2, 0.25) is 0 Å². The number of hydrogen-bond acceptors (Lipinski definition) is 3. The summed E-state index contributed by atoms with van der Waals surface area (Å²) < 4.78 is 26.1. The minimum atomic E-state index is -3.62. The summed E-state index contributed by atoms with van der Waals surface area (Å²) in [7, 11) is -3.62. The van der Waals surface area contributed by atoms with E-state index in [1.54, 1.807) is 24.3 Å². The Labute approximate surface area is 162 Å². The van der Waals surface area contributed by atoms with E-state index in [0.717, 1.165) is 11.8 Å². The van der Waals surface area contributed by atoms with Gasteiger partial charge in [-0.25, -0.2) is 8.42 Å². The number of para-hydroxylation sites is 1. The smallest absolute Gasteiger partial charge is 0.244 e. The van der Waals surface area contributed by atoms with Crippen LogP contribution in [0.3, 0.4) is 0 Å². The number of nitrogens with zero attached hydrogens (tertiary/aromatic N) is 1. The molecule has 1 atom stereocenters. The second-order valence-electron chi connectivity index (χ2n) is 7.35. The number of benzene rings is 2. The molecule has 146 valence electrons. The summed E-state index contributed by atoms with van der Waals surface area (Å²) >= 11 is 0. The van der Waals surface area contributed by atoms with Crippen LogP contribution in [0.25, 0.3) is 0 Å². The fourth-order valence-corrected chi connectivity index (χ4v) is 4.41. The third-order valence-corrected chi connectivity index (χ3v) is 5.47. The first kappa shape index (κ1) is 21.0. The summed E-state index contributed by atoms with van der Waals surface area (Å²) in [5, 5.41) is 3.03. The average molecular weight is 389 g/mol. The molecule has 1 N–H and O–H groups in total. The van der Waals surface area contributed by atoms with Gasteiger partial charge in [-0.3, -0.25) is 9.10 Å². The van der Waals surface area contributed by atoms with Crippen molar-refractivity contribution in [3.63, 3.8) is 0 Å². The van der Waals surface area contributed by atoms with Gasteiger partial charge >= 0.3 is 0 Å². The fraction of sp³-hybridized carbons (Fsp3) is 0.381. The Hall–Kier alpha value is -2.34. The molecule has 0 aliphatic rings. The van der Waals surface area contributed by atoms with E-state index in [0.29, 0.717) is 18.5 Å². The van der Waals surface area contributed by atoms with Crippen LogP contribution in [0.5, 0.6) is 0 Å². The highest BCUT2D eigenvalue weighted by Crippen LogP contribution is 2.23. The largest absolute Gasteiger partial charge is 0.349 e. The standard InChI is InChI=1S/C21H28N2O3S/c1-5-19(23(27(4,25)26)18-14-10-7-11-15-18)20(24)22-21(2,3)16-17-12-8-6-9-13-17/h6-15,19H,5,16H2,1-4H3,(H,22,24). The first-order valence-electron chi connectivity index (χ1n) is 9.04. The summed E-state index contributed by atoms with van der Waals surface area (Å²) in [5.41, 5.74) is 1.09. The molecule has 0 aromatic heterocycles. The molecule has 2 aromatic carbocycles. The van der Waals surface area contributed by atoms with Gasteiger partial charge in [0.25, 0.3) is 0 Å². The van der Waals surface area contributed by atoms with E-state index in [9.17, 15) is 13.2 Å². The molecule has 0 aliphatic heterocycles. The van der Waals surface area contributed by atoms with Crippen LogP contribution >= 0.6 is 0 Å². The molecule has 0 spiro atoms. The van der Waals surface area contributed by atoms with Gasteiger partial charge in [0.2, 0.25) is 15.9 Å². The minimum Gasteiger partial charge on any atom is -0.349 e. The second-order valence-corrected chi connectivity index (χ2v) is 9.21. The number of amides is 1. The lowest BCUT2D eigenvalue weighted by Crippen LogP contribution is -2.55. The molecule has 27 heavy (non-hydrogen) atoms. The van der Waals surface area contributed by atoms with Gasteiger partial charge in [0.15, 0.2) is 0 Å². The lowest BCUT2D eigenvalue weighted by atomic mass is 9.94. The van der Waals surface area contributed by atoms with E-state index in [4.69, 9.17) is 0 Å². The maximum Gasteiger partial charge on any atom is 0.244 e. The Kier molecular flexibility index (Phi) is 6.65. The molecular weight excluding hydrogens is 360 g/mol. The molecule has 5 nitrogen and oxygen atoms in total. The van der Waals surface area contributed by atoms with E-state index < -0.39 is 21.6 Å². The van der Waals surface area contributed by atoms with Crippen LogP contribution in [0, 0.1) is 0 Å². The van der Waals surface area contributed by atoms with Crippen LogP contribution in [0.15, 0.2) is 60.7 Å². The van der Waals surface area contributed by atoms with Crippen LogP contribution in [0.4, 0.5) is 5.69 Å². The fourth-order valence-electron chi connectivity index (χ4n) is 3.20. The van der Waals surface area contributed by atoms with Crippen LogP contribution in [0.1, 0.15) is 32.8 Å². The summed E-state index contributed by atoms with van der Waals surface area (Å²) in [5.74, 6) is -0.298. The molecule has 1 amide bonds. The van der Waals surface area contributed by atoms with Crippen molar-refractivity contribution in [2.75, 3.05) is 10.6 Å². The Morgan fingerprint density at radius 2 is 1.56 bits per heavy atom. The van der Waals surface area contributed by atoms with Gasteiger partial charge in [-0.1, -0.05) is 55.5 Å². The van der Waals surface area contributed by atoms with Crippen molar-refractivity contribution < 1.29 is 13.2 Å². The van der Waals surface area contributed by atoms with Gasteiger partial charge in [0.05, 0.1) is 11.9 Å². The summed E-state index contributed by atoms with van der Waals surface area (Å²) in [6.07, 6.45) is 2.15. The molecule has 1 unspecified atom stereocenters. The second kappa shape index (κ2) is 8.57. The highest BCUT2D eigenvalue weighted by Gasteiger charge is 2.34. The van der Waals surface area contributed by atoms with Gasteiger partial charge in [-0.15, -0.1) is 0 Å². The molecule has 0 bridgehead atoms. The van der Waals surface area contributed by atoms with E-state index in [-0.39, 0.29) is 5.91 Å². The Bertz CT molecular complexity index is 850.